The molecular weight excluding hydrogens is 172 g/mol. The molecular formula is C10H11ClO. The number of halogens is 1. The summed E-state index contributed by atoms with van der Waals surface area (Å²) in [5.41, 5.74) is 1.05. The van der Waals surface area contributed by atoms with Crippen molar-refractivity contribution >= 4 is 17.9 Å². The molecule has 0 spiro atoms. The average molecular weight is 183 g/mol. The van der Waals surface area contributed by atoms with Crippen molar-refractivity contribution in [2.45, 2.75) is 12.3 Å². The van der Waals surface area contributed by atoms with Crippen molar-refractivity contribution in [1.29, 1.82) is 0 Å². The lowest BCUT2D eigenvalue weighted by Gasteiger charge is -2.07. The van der Waals surface area contributed by atoms with Crippen molar-refractivity contribution in [3.8, 4) is 0 Å². The number of alkyl halides is 1. The minimum atomic E-state index is -0.0382. The van der Waals surface area contributed by atoms with Gasteiger partial charge < -0.3 is 4.79 Å². The van der Waals surface area contributed by atoms with E-state index in [0.29, 0.717) is 5.88 Å². The zero-order valence-electron chi connectivity index (χ0n) is 6.74. The van der Waals surface area contributed by atoms with Crippen LogP contribution in [0.1, 0.15) is 17.9 Å². The monoisotopic (exact) mass is 182 g/mol. The second-order valence-electron chi connectivity index (χ2n) is 2.63. The molecule has 2 heteroatoms. The van der Waals surface area contributed by atoms with Crippen LogP contribution in [-0.2, 0) is 4.79 Å². The van der Waals surface area contributed by atoms with Gasteiger partial charge in [-0.15, -0.1) is 11.6 Å². The Bertz CT molecular complexity index is 233. The lowest BCUT2D eigenvalue weighted by atomic mass is 9.98. The smallest absolute Gasteiger partial charge is 0.127 e. The number of rotatable bonds is 4. The van der Waals surface area contributed by atoms with Crippen molar-refractivity contribution in [2.75, 3.05) is 5.88 Å². The van der Waals surface area contributed by atoms with Crippen molar-refractivity contribution in [3.63, 3.8) is 0 Å². The van der Waals surface area contributed by atoms with Gasteiger partial charge in [-0.2, -0.15) is 0 Å². The zero-order valence-corrected chi connectivity index (χ0v) is 7.50. The van der Waals surface area contributed by atoms with Gasteiger partial charge in [-0.1, -0.05) is 30.3 Å². The first-order chi connectivity index (χ1) is 5.88. The number of carbonyl (C=O) groups excluding carboxylic acids is 1. The molecule has 0 heterocycles. The van der Waals surface area contributed by atoms with E-state index in [2.05, 4.69) is 0 Å². The zero-order chi connectivity index (χ0) is 8.81. The fourth-order valence-corrected chi connectivity index (χ4v) is 1.37. The summed E-state index contributed by atoms with van der Waals surface area (Å²) in [6.07, 6.45) is 1.67. The van der Waals surface area contributed by atoms with Crippen LogP contribution in [0.4, 0.5) is 0 Å². The van der Waals surface area contributed by atoms with Gasteiger partial charge in [-0.3, -0.25) is 0 Å². The molecule has 0 aliphatic carbocycles. The van der Waals surface area contributed by atoms with Gasteiger partial charge in [0.05, 0.1) is 0 Å². The van der Waals surface area contributed by atoms with E-state index >= 15 is 0 Å². The molecule has 0 fully saturated rings. The number of hydrogen-bond acceptors (Lipinski definition) is 1. The van der Waals surface area contributed by atoms with Crippen LogP contribution < -0.4 is 0 Å². The maximum Gasteiger partial charge on any atom is 0.127 e. The molecule has 0 aliphatic heterocycles. The molecule has 1 rings (SSSR count). The summed E-state index contributed by atoms with van der Waals surface area (Å²) >= 11 is 5.57. The van der Waals surface area contributed by atoms with Crippen LogP contribution in [0.15, 0.2) is 30.3 Å². The number of hydrogen-bond donors (Lipinski definition) is 0. The second kappa shape index (κ2) is 4.94. The fraction of sp³-hybridized carbons (Fsp3) is 0.300. The topological polar surface area (TPSA) is 17.1 Å². The van der Waals surface area contributed by atoms with Gasteiger partial charge in [0, 0.05) is 11.8 Å². The molecule has 0 N–H and O–H groups in total. The van der Waals surface area contributed by atoms with Gasteiger partial charge in [0.1, 0.15) is 6.29 Å². The third kappa shape index (κ3) is 2.35. The summed E-state index contributed by atoms with van der Waals surface area (Å²) in [6.45, 7) is 0. The predicted molar refractivity (Wildman–Crippen MR) is 50.6 cm³/mol. The molecule has 0 amide bonds. The molecule has 0 saturated carbocycles. The Hall–Kier alpha value is -0.820. The molecule has 64 valence electrons. The second-order valence-corrected chi connectivity index (χ2v) is 3.01. The molecule has 12 heavy (non-hydrogen) atoms. The number of benzene rings is 1. The molecule has 0 saturated heterocycles. The van der Waals surface area contributed by atoms with Crippen molar-refractivity contribution < 1.29 is 4.79 Å². The van der Waals surface area contributed by atoms with Crippen LogP contribution >= 0.6 is 11.6 Å². The van der Waals surface area contributed by atoms with E-state index in [9.17, 15) is 4.79 Å². The van der Waals surface area contributed by atoms with Crippen LogP contribution in [0.3, 0.4) is 0 Å². The lowest BCUT2D eigenvalue weighted by molar-refractivity contribution is -0.109. The van der Waals surface area contributed by atoms with Gasteiger partial charge in [-0.25, -0.2) is 0 Å². The minimum Gasteiger partial charge on any atom is -0.303 e. The average Bonchev–Trinajstić information content (AvgIpc) is 2.15. The first kappa shape index (κ1) is 9.27. The van der Waals surface area contributed by atoms with Gasteiger partial charge in [0.25, 0.3) is 0 Å². The molecule has 1 nitrogen and oxygen atoms in total. The van der Waals surface area contributed by atoms with E-state index in [-0.39, 0.29) is 5.92 Å². The highest BCUT2D eigenvalue weighted by molar-refractivity contribution is 6.18. The molecule has 1 aromatic rings. The van der Waals surface area contributed by atoms with Crippen LogP contribution in [0.5, 0.6) is 0 Å². The molecule has 0 aliphatic rings. The Morgan fingerprint density at radius 1 is 1.33 bits per heavy atom. The Morgan fingerprint density at radius 3 is 2.50 bits per heavy atom. The van der Waals surface area contributed by atoms with Gasteiger partial charge in [-0.05, 0) is 12.0 Å². The standard InChI is InChI=1S/C10H11ClO/c11-7-6-10(8-12)9-4-2-1-3-5-9/h1-5,8,10H,6-7H2/t10-/m0/s1. The quantitative estimate of drug-likeness (QED) is 0.517. The SMILES string of the molecule is O=C[C@H](CCCl)c1ccccc1. The Kier molecular flexibility index (Phi) is 3.81. The summed E-state index contributed by atoms with van der Waals surface area (Å²) in [6, 6.07) is 9.70. The summed E-state index contributed by atoms with van der Waals surface area (Å²) in [7, 11) is 0. The van der Waals surface area contributed by atoms with E-state index in [1.54, 1.807) is 0 Å². The van der Waals surface area contributed by atoms with E-state index in [0.717, 1.165) is 18.3 Å². The summed E-state index contributed by atoms with van der Waals surface area (Å²) in [5.74, 6) is 0.488. The largest absolute Gasteiger partial charge is 0.303 e. The van der Waals surface area contributed by atoms with Gasteiger partial charge in [0.2, 0.25) is 0 Å². The number of carbonyl (C=O) groups is 1. The van der Waals surface area contributed by atoms with Crippen molar-refractivity contribution in [2.24, 2.45) is 0 Å². The van der Waals surface area contributed by atoms with Gasteiger partial charge >= 0.3 is 0 Å². The molecule has 0 unspecified atom stereocenters. The summed E-state index contributed by atoms with van der Waals surface area (Å²) < 4.78 is 0. The van der Waals surface area contributed by atoms with E-state index in [1.165, 1.54) is 0 Å². The Balaban J connectivity index is 2.73. The molecule has 0 bridgehead atoms. The van der Waals surface area contributed by atoms with Crippen LogP contribution in [-0.4, -0.2) is 12.2 Å². The molecule has 1 atom stereocenters. The Morgan fingerprint density at radius 2 is 2.00 bits per heavy atom. The lowest BCUT2D eigenvalue weighted by Crippen LogP contribution is -2.00. The summed E-state index contributed by atoms with van der Waals surface area (Å²) in [5, 5.41) is 0. The van der Waals surface area contributed by atoms with Gasteiger partial charge in [0.15, 0.2) is 0 Å². The maximum absolute atomic E-state index is 10.6. The highest BCUT2D eigenvalue weighted by Crippen LogP contribution is 2.16. The van der Waals surface area contributed by atoms with E-state index < -0.39 is 0 Å². The minimum absolute atomic E-state index is 0.0382. The summed E-state index contributed by atoms with van der Waals surface area (Å²) in [4.78, 5) is 10.6. The van der Waals surface area contributed by atoms with E-state index in [1.807, 2.05) is 30.3 Å². The highest BCUT2D eigenvalue weighted by atomic mass is 35.5. The first-order valence-corrected chi connectivity index (χ1v) is 4.48. The Labute approximate surface area is 77.4 Å². The molecule has 0 aromatic heterocycles. The third-order valence-corrected chi connectivity index (χ3v) is 2.03. The van der Waals surface area contributed by atoms with Crippen LogP contribution in [0.25, 0.3) is 0 Å². The van der Waals surface area contributed by atoms with Crippen molar-refractivity contribution in [1.82, 2.24) is 0 Å². The van der Waals surface area contributed by atoms with Crippen molar-refractivity contribution in [3.05, 3.63) is 35.9 Å². The third-order valence-electron chi connectivity index (χ3n) is 1.81. The molecule has 0 radical (unpaired) electrons. The highest BCUT2D eigenvalue weighted by Gasteiger charge is 2.07. The number of aldehydes is 1. The predicted octanol–water partition coefficient (Wildman–Crippen LogP) is 2.60. The normalized spacial score (nSPS) is 12.4. The maximum atomic E-state index is 10.6. The molecule has 1 aromatic carbocycles. The van der Waals surface area contributed by atoms with Crippen LogP contribution in [0.2, 0.25) is 0 Å². The van der Waals surface area contributed by atoms with Crippen LogP contribution in [0, 0.1) is 0 Å². The first-order valence-electron chi connectivity index (χ1n) is 3.94. The fourth-order valence-electron chi connectivity index (χ4n) is 1.13. The van der Waals surface area contributed by atoms with E-state index in [4.69, 9.17) is 11.6 Å².